The molecule has 0 spiro atoms. The largest absolute Gasteiger partial charge is 0.412 e. The third kappa shape index (κ3) is 2.75. The molecule has 1 aliphatic rings. The van der Waals surface area contributed by atoms with Gasteiger partial charge in [0.2, 0.25) is 0 Å². The number of carbonyl (C=O) groups excluding carboxylic acids is 1. The zero-order chi connectivity index (χ0) is 11.4. The lowest BCUT2D eigenvalue weighted by Crippen LogP contribution is -2.32. The highest BCUT2D eigenvalue weighted by Gasteiger charge is 2.40. The molecule has 1 aliphatic carbocycles. The third-order valence-electron chi connectivity index (χ3n) is 3.27. The molecule has 0 unspecified atom stereocenters. The van der Waals surface area contributed by atoms with Crippen LogP contribution in [0, 0.1) is 5.41 Å². The summed E-state index contributed by atoms with van der Waals surface area (Å²) in [5.41, 5.74) is 0.357. The van der Waals surface area contributed by atoms with Gasteiger partial charge in [0.15, 0.2) is 0 Å². The fraction of sp³-hybridized carbons (Fsp3) is 0.462. The lowest BCUT2D eigenvalue weighted by Gasteiger charge is -2.13. The summed E-state index contributed by atoms with van der Waals surface area (Å²) in [6.07, 6.45) is 3.20. The number of ether oxygens (including phenoxy) is 1. The molecular formula is C13H17NO2. The van der Waals surface area contributed by atoms with Crippen LogP contribution in [-0.2, 0) is 0 Å². The molecule has 0 aromatic heterocycles. The number of amides is 1. The number of nitrogens with one attached hydrogen (secondary N) is 1. The molecule has 1 saturated carbocycles. The first-order valence-electron chi connectivity index (χ1n) is 5.75. The monoisotopic (exact) mass is 219 g/mol. The standard InChI is InChI=1S/C13H17NO2/c1-2-13(8-9-13)10-14-12(15)16-11-6-4-3-5-7-11/h3-7H,2,8-10H2,1H3,(H,14,15). The second-order valence-corrected chi connectivity index (χ2v) is 4.41. The molecule has 0 radical (unpaired) electrons. The van der Waals surface area contributed by atoms with Crippen LogP contribution in [0.25, 0.3) is 0 Å². The molecule has 1 fully saturated rings. The van der Waals surface area contributed by atoms with Gasteiger partial charge in [-0.05, 0) is 36.8 Å². The van der Waals surface area contributed by atoms with E-state index in [2.05, 4.69) is 12.2 Å². The van der Waals surface area contributed by atoms with Crippen molar-refractivity contribution in [3.8, 4) is 5.75 Å². The second-order valence-electron chi connectivity index (χ2n) is 4.41. The van der Waals surface area contributed by atoms with Gasteiger partial charge in [0.05, 0.1) is 0 Å². The first kappa shape index (κ1) is 11.0. The highest BCUT2D eigenvalue weighted by molar-refractivity contribution is 5.70. The number of hydrogen-bond donors (Lipinski definition) is 1. The van der Waals surface area contributed by atoms with Crippen LogP contribution in [0.3, 0.4) is 0 Å². The van der Waals surface area contributed by atoms with Crippen molar-refractivity contribution in [2.75, 3.05) is 6.54 Å². The fourth-order valence-corrected chi connectivity index (χ4v) is 1.72. The Kier molecular flexibility index (Phi) is 3.13. The van der Waals surface area contributed by atoms with Gasteiger partial charge in [-0.3, -0.25) is 0 Å². The maximum absolute atomic E-state index is 11.5. The molecule has 1 N–H and O–H groups in total. The molecule has 1 aromatic carbocycles. The molecule has 1 aromatic rings. The summed E-state index contributed by atoms with van der Waals surface area (Å²) in [6.45, 7) is 2.90. The zero-order valence-electron chi connectivity index (χ0n) is 9.53. The minimum atomic E-state index is -0.356. The molecule has 16 heavy (non-hydrogen) atoms. The van der Waals surface area contributed by atoms with Crippen LogP contribution in [0.1, 0.15) is 26.2 Å². The highest BCUT2D eigenvalue weighted by Crippen LogP contribution is 2.47. The van der Waals surface area contributed by atoms with Gasteiger partial charge >= 0.3 is 6.09 Å². The molecule has 3 nitrogen and oxygen atoms in total. The fourth-order valence-electron chi connectivity index (χ4n) is 1.72. The van der Waals surface area contributed by atoms with Crippen molar-refractivity contribution >= 4 is 6.09 Å². The number of para-hydroxylation sites is 1. The van der Waals surface area contributed by atoms with E-state index >= 15 is 0 Å². The average molecular weight is 219 g/mol. The first-order valence-corrected chi connectivity index (χ1v) is 5.75. The number of benzene rings is 1. The molecule has 0 heterocycles. The zero-order valence-corrected chi connectivity index (χ0v) is 9.53. The maximum atomic E-state index is 11.5. The SMILES string of the molecule is CCC1(CNC(=O)Oc2ccccc2)CC1. The minimum Gasteiger partial charge on any atom is -0.410 e. The van der Waals surface area contributed by atoms with Crippen molar-refractivity contribution in [3.63, 3.8) is 0 Å². The lowest BCUT2D eigenvalue weighted by atomic mass is 10.0. The van der Waals surface area contributed by atoms with Crippen molar-refractivity contribution < 1.29 is 9.53 Å². The predicted octanol–water partition coefficient (Wildman–Crippen LogP) is 2.97. The van der Waals surface area contributed by atoms with E-state index in [1.54, 1.807) is 12.1 Å². The summed E-state index contributed by atoms with van der Waals surface area (Å²) in [5.74, 6) is 0.585. The molecule has 1 amide bonds. The molecule has 0 bridgehead atoms. The number of rotatable bonds is 4. The van der Waals surface area contributed by atoms with E-state index in [1.807, 2.05) is 18.2 Å². The van der Waals surface area contributed by atoms with Crippen LogP contribution in [0.2, 0.25) is 0 Å². The van der Waals surface area contributed by atoms with Gasteiger partial charge < -0.3 is 10.1 Å². The van der Waals surface area contributed by atoms with Gasteiger partial charge in [0.1, 0.15) is 5.75 Å². The summed E-state index contributed by atoms with van der Waals surface area (Å²) in [7, 11) is 0. The van der Waals surface area contributed by atoms with Gasteiger partial charge in [-0.2, -0.15) is 0 Å². The van der Waals surface area contributed by atoms with E-state index in [4.69, 9.17) is 4.74 Å². The molecular weight excluding hydrogens is 202 g/mol. The van der Waals surface area contributed by atoms with Gasteiger partial charge in [0, 0.05) is 6.54 Å². The van der Waals surface area contributed by atoms with Gasteiger partial charge in [-0.15, -0.1) is 0 Å². The van der Waals surface area contributed by atoms with Crippen molar-refractivity contribution in [1.29, 1.82) is 0 Å². The van der Waals surface area contributed by atoms with E-state index in [0.717, 1.165) is 13.0 Å². The molecule has 0 saturated heterocycles. The molecule has 86 valence electrons. The Morgan fingerprint density at radius 2 is 2.06 bits per heavy atom. The van der Waals surface area contributed by atoms with E-state index in [1.165, 1.54) is 12.8 Å². The van der Waals surface area contributed by atoms with Crippen molar-refractivity contribution in [1.82, 2.24) is 5.32 Å². The quantitative estimate of drug-likeness (QED) is 0.845. The van der Waals surface area contributed by atoms with Gasteiger partial charge in [-0.25, -0.2) is 4.79 Å². The van der Waals surface area contributed by atoms with Crippen LogP contribution in [0.15, 0.2) is 30.3 Å². The van der Waals surface area contributed by atoms with Crippen LogP contribution < -0.4 is 10.1 Å². The number of carbonyl (C=O) groups is 1. The van der Waals surface area contributed by atoms with Crippen LogP contribution in [0.4, 0.5) is 4.79 Å². The maximum Gasteiger partial charge on any atom is 0.412 e. The summed E-state index contributed by atoms with van der Waals surface area (Å²) in [6, 6.07) is 9.12. The van der Waals surface area contributed by atoms with Crippen molar-refractivity contribution in [2.24, 2.45) is 5.41 Å². The van der Waals surface area contributed by atoms with Crippen LogP contribution >= 0.6 is 0 Å². The first-order chi connectivity index (χ1) is 7.74. The third-order valence-corrected chi connectivity index (χ3v) is 3.27. The Morgan fingerprint density at radius 1 is 1.38 bits per heavy atom. The normalized spacial score (nSPS) is 16.6. The molecule has 0 atom stereocenters. The molecule has 0 aliphatic heterocycles. The summed E-state index contributed by atoms with van der Waals surface area (Å²) in [5, 5.41) is 2.82. The number of hydrogen-bond acceptors (Lipinski definition) is 2. The van der Waals surface area contributed by atoms with E-state index in [-0.39, 0.29) is 6.09 Å². The van der Waals surface area contributed by atoms with Crippen LogP contribution in [-0.4, -0.2) is 12.6 Å². The molecule has 2 rings (SSSR count). The lowest BCUT2D eigenvalue weighted by molar-refractivity contribution is 0.197. The van der Waals surface area contributed by atoms with Gasteiger partial charge in [0.25, 0.3) is 0 Å². The molecule has 3 heteroatoms. The van der Waals surface area contributed by atoms with Crippen molar-refractivity contribution in [3.05, 3.63) is 30.3 Å². The van der Waals surface area contributed by atoms with E-state index < -0.39 is 0 Å². The van der Waals surface area contributed by atoms with Gasteiger partial charge in [-0.1, -0.05) is 25.1 Å². The van der Waals surface area contributed by atoms with E-state index in [0.29, 0.717) is 11.2 Å². The summed E-state index contributed by atoms with van der Waals surface area (Å²) < 4.78 is 5.13. The summed E-state index contributed by atoms with van der Waals surface area (Å²) in [4.78, 5) is 11.5. The smallest absolute Gasteiger partial charge is 0.410 e. The van der Waals surface area contributed by atoms with Crippen molar-refractivity contribution in [2.45, 2.75) is 26.2 Å². The minimum absolute atomic E-state index is 0.356. The Hall–Kier alpha value is -1.51. The Labute approximate surface area is 95.8 Å². The average Bonchev–Trinajstić information content (AvgIpc) is 3.09. The van der Waals surface area contributed by atoms with Crippen LogP contribution in [0.5, 0.6) is 5.75 Å². The Morgan fingerprint density at radius 3 is 2.62 bits per heavy atom. The predicted molar refractivity (Wildman–Crippen MR) is 62.4 cm³/mol. The Bertz CT molecular complexity index is 357. The van der Waals surface area contributed by atoms with E-state index in [9.17, 15) is 4.79 Å². The topological polar surface area (TPSA) is 38.3 Å². The Balaban J connectivity index is 1.77. The summed E-state index contributed by atoms with van der Waals surface area (Å²) >= 11 is 0. The highest BCUT2D eigenvalue weighted by atomic mass is 16.6. The second kappa shape index (κ2) is 4.56.